The number of nitrogens with zero attached hydrogens (tertiary/aromatic N) is 9. The molecule has 1 aliphatic heterocycles. The van der Waals surface area contributed by atoms with Gasteiger partial charge in [0.15, 0.2) is 17.5 Å². The maximum Gasteiger partial charge on any atom is 0.227 e. The second-order valence-corrected chi connectivity index (χ2v) is 7.29. The van der Waals surface area contributed by atoms with Crippen LogP contribution in [-0.4, -0.2) is 61.5 Å². The molecule has 1 aliphatic rings. The average molecular weight is 385 g/mol. The number of aromatic nitrogens is 7. The third-order valence-electron chi connectivity index (χ3n) is 5.09. The Kier molecular flexibility index (Phi) is 4.93. The van der Waals surface area contributed by atoms with Crippen LogP contribution in [0.15, 0.2) is 24.9 Å². The van der Waals surface area contributed by atoms with E-state index >= 15 is 0 Å². The zero-order valence-electron chi connectivity index (χ0n) is 16.3. The molecule has 0 amide bonds. The molecule has 148 valence electrons. The molecular formula is C18H24FN9. The molecule has 0 radical (unpaired) electrons. The smallest absolute Gasteiger partial charge is 0.227 e. The van der Waals surface area contributed by atoms with Crippen molar-refractivity contribution in [3.8, 4) is 0 Å². The zero-order valence-corrected chi connectivity index (χ0v) is 16.3. The van der Waals surface area contributed by atoms with Crippen LogP contribution in [-0.2, 0) is 13.6 Å². The third kappa shape index (κ3) is 3.54. The molecule has 0 aliphatic carbocycles. The zero-order chi connectivity index (χ0) is 19.7. The first kappa shape index (κ1) is 18.3. The van der Waals surface area contributed by atoms with Crippen molar-refractivity contribution in [2.45, 2.75) is 25.3 Å². The Balaban J connectivity index is 1.53. The first-order valence-corrected chi connectivity index (χ1v) is 9.31. The lowest BCUT2D eigenvalue weighted by Crippen LogP contribution is -2.36. The summed E-state index contributed by atoms with van der Waals surface area (Å²) in [5.74, 6) is 2.50. The van der Waals surface area contributed by atoms with Gasteiger partial charge in [0.2, 0.25) is 5.95 Å². The van der Waals surface area contributed by atoms with E-state index in [9.17, 15) is 4.39 Å². The Hall–Kier alpha value is -3.04. The van der Waals surface area contributed by atoms with Crippen molar-refractivity contribution >= 4 is 11.8 Å². The molecule has 1 fully saturated rings. The van der Waals surface area contributed by atoms with Crippen molar-refractivity contribution in [2.75, 3.05) is 37.0 Å². The van der Waals surface area contributed by atoms with E-state index in [1.807, 2.05) is 17.8 Å². The predicted molar refractivity (Wildman–Crippen MR) is 103 cm³/mol. The topological polar surface area (TPSA) is 80.8 Å². The molecule has 0 saturated carbocycles. The van der Waals surface area contributed by atoms with Crippen molar-refractivity contribution in [3.05, 3.63) is 42.4 Å². The fourth-order valence-corrected chi connectivity index (χ4v) is 3.60. The third-order valence-corrected chi connectivity index (χ3v) is 5.09. The van der Waals surface area contributed by atoms with E-state index in [2.05, 4.69) is 34.6 Å². The fourth-order valence-electron chi connectivity index (χ4n) is 3.60. The molecule has 3 aromatic rings. The Morgan fingerprint density at radius 3 is 2.89 bits per heavy atom. The second kappa shape index (κ2) is 7.53. The Morgan fingerprint density at radius 1 is 1.29 bits per heavy atom. The highest BCUT2D eigenvalue weighted by atomic mass is 19.1. The van der Waals surface area contributed by atoms with Gasteiger partial charge in [-0.3, -0.25) is 0 Å². The molecule has 1 atom stereocenters. The van der Waals surface area contributed by atoms with E-state index in [-0.39, 0.29) is 5.92 Å². The monoisotopic (exact) mass is 385 g/mol. The van der Waals surface area contributed by atoms with Crippen LogP contribution in [0.3, 0.4) is 0 Å². The van der Waals surface area contributed by atoms with Crippen LogP contribution in [0.4, 0.5) is 16.2 Å². The van der Waals surface area contributed by atoms with Gasteiger partial charge in [-0.2, -0.15) is 4.98 Å². The highest BCUT2D eigenvalue weighted by molar-refractivity contribution is 5.44. The maximum absolute atomic E-state index is 13.9. The summed E-state index contributed by atoms with van der Waals surface area (Å²) >= 11 is 0. The van der Waals surface area contributed by atoms with Gasteiger partial charge in [0.1, 0.15) is 5.82 Å². The number of imidazole rings is 1. The van der Waals surface area contributed by atoms with Gasteiger partial charge in [-0.1, -0.05) is 0 Å². The maximum atomic E-state index is 13.9. The van der Waals surface area contributed by atoms with Gasteiger partial charge in [-0.25, -0.2) is 14.4 Å². The van der Waals surface area contributed by atoms with E-state index in [4.69, 9.17) is 0 Å². The summed E-state index contributed by atoms with van der Waals surface area (Å²) in [6.07, 6.45) is 8.69. The normalized spacial score (nSPS) is 17.1. The largest absolute Gasteiger partial charge is 0.360 e. The number of rotatable bonds is 5. The highest BCUT2D eigenvalue weighted by Gasteiger charge is 2.28. The van der Waals surface area contributed by atoms with Crippen LogP contribution in [0, 0.1) is 5.82 Å². The van der Waals surface area contributed by atoms with E-state index < -0.39 is 5.82 Å². The van der Waals surface area contributed by atoms with Crippen LogP contribution >= 0.6 is 0 Å². The molecule has 28 heavy (non-hydrogen) atoms. The van der Waals surface area contributed by atoms with Gasteiger partial charge >= 0.3 is 0 Å². The first-order chi connectivity index (χ1) is 13.5. The lowest BCUT2D eigenvalue weighted by atomic mass is 9.97. The van der Waals surface area contributed by atoms with Crippen molar-refractivity contribution in [1.82, 2.24) is 34.3 Å². The number of hydrogen-bond acceptors (Lipinski definition) is 7. The van der Waals surface area contributed by atoms with Gasteiger partial charge in [0, 0.05) is 52.5 Å². The summed E-state index contributed by atoms with van der Waals surface area (Å²) in [5, 5.41) is 8.82. The predicted octanol–water partition coefficient (Wildman–Crippen LogP) is 1.44. The highest BCUT2D eigenvalue weighted by Crippen LogP contribution is 2.28. The molecular weight excluding hydrogens is 361 g/mol. The summed E-state index contributed by atoms with van der Waals surface area (Å²) in [6, 6.07) is 0. The van der Waals surface area contributed by atoms with Crippen molar-refractivity contribution in [3.63, 3.8) is 0 Å². The minimum absolute atomic E-state index is 0.222. The number of halogens is 1. The Morgan fingerprint density at radius 2 is 2.14 bits per heavy atom. The minimum Gasteiger partial charge on any atom is -0.360 e. The molecule has 9 nitrogen and oxygen atoms in total. The van der Waals surface area contributed by atoms with E-state index in [1.54, 1.807) is 31.5 Å². The quantitative estimate of drug-likeness (QED) is 0.657. The molecule has 3 aromatic heterocycles. The minimum atomic E-state index is -0.417. The lowest BCUT2D eigenvalue weighted by Gasteiger charge is -2.32. The molecule has 0 N–H and O–H groups in total. The summed E-state index contributed by atoms with van der Waals surface area (Å²) in [5.41, 5.74) is 0. The average Bonchev–Trinajstić information content (AvgIpc) is 3.33. The van der Waals surface area contributed by atoms with E-state index in [1.165, 1.54) is 6.20 Å². The molecule has 0 aromatic carbocycles. The number of hydrogen-bond donors (Lipinski definition) is 0. The summed E-state index contributed by atoms with van der Waals surface area (Å²) < 4.78 is 18.0. The molecule has 4 rings (SSSR count). The number of anilines is 2. The Bertz CT molecular complexity index is 935. The molecule has 4 heterocycles. The standard InChI is InChI=1S/C18H24FN9/c1-25(2)17-14(19)9-21-18(22-17)28-7-4-5-13(10-28)16-24-23-15(26(16)3)11-27-8-6-20-12-27/h6,8-9,12-13H,4-5,7,10-11H2,1-3H3. The van der Waals surface area contributed by atoms with Crippen molar-refractivity contribution < 1.29 is 4.39 Å². The van der Waals surface area contributed by atoms with Gasteiger partial charge in [0.25, 0.3) is 0 Å². The first-order valence-electron chi connectivity index (χ1n) is 9.31. The van der Waals surface area contributed by atoms with Crippen LogP contribution in [0.2, 0.25) is 0 Å². The molecule has 1 unspecified atom stereocenters. The van der Waals surface area contributed by atoms with Crippen LogP contribution in [0.1, 0.15) is 30.4 Å². The van der Waals surface area contributed by atoms with Crippen molar-refractivity contribution in [1.29, 1.82) is 0 Å². The molecule has 0 bridgehead atoms. The fraction of sp³-hybridized carbons (Fsp3) is 0.500. The molecule has 10 heteroatoms. The Labute approximate surface area is 162 Å². The number of piperidine rings is 1. The molecule has 0 spiro atoms. The van der Waals surface area contributed by atoms with Crippen molar-refractivity contribution in [2.24, 2.45) is 7.05 Å². The summed E-state index contributed by atoms with van der Waals surface area (Å²) in [4.78, 5) is 16.5. The molecule has 1 saturated heterocycles. The van der Waals surface area contributed by atoms with Gasteiger partial charge < -0.3 is 18.9 Å². The van der Waals surface area contributed by atoms with Gasteiger partial charge in [-0.05, 0) is 12.8 Å². The SMILES string of the molecule is CN(C)c1nc(N2CCCC(c3nnc(Cn4ccnc4)n3C)C2)ncc1F. The van der Waals surface area contributed by atoms with Crippen LogP contribution in [0.25, 0.3) is 0 Å². The summed E-state index contributed by atoms with van der Waals surface area (Å²) in [6.45, 7) is 2.21. The van der Waals surface area contributed by atoms with Crippen LogP contribution < -0.4 is 9.80 Å². The van der Waals surface area contributed by atoms with E-state index in [0.29, 0.717) is 18.3 Å². The summed E-state index contributed by atoms with van der Waals surface area (Å²) in [7, 11) is 5.55. The lowest BCUT2D eigenvalue weighted by molar-refractivity contribution is 0.472. The van der Waals surface area contributed by atoms with Gasteiger partial charge in [-0.15, -0.1) is 10.2 Å². The van der Waals surface area contributed by atoms with Gasteiger partial charge in [0.05, 0.1) is 19.1 Å². The second-order valence-electron chi connectivity index (χ2n) is 7.29. The van der Waals surface area contributed by atoms with E-state index in [0.717, 1.165) is 37.6 Å². The van der Waals surface area contributed by atoms with Crippen LogP contribution in [0.5, 0.6) is 0 Å².